The number of amides is 1. The van der Waals surface area contributed by atoms with Gasteiger partial charge in [-0.05, 0) is 61.2 Å². The molecule has 1 fully saturated rings. The Hall–Kier alpha value is -2.44. The van der Waals surface area contributed by atoms with Crippen LogP contribution < -0.4 is 10.1 Å². The maximum Gasteiger partial charge on any atom is 0.251 e. The van der Waals surface area contributed by atoms with Gasteiger partial charge < -0.3 is 20.1 Å². The third-order valence-electron chi connectivity index (χ3n) is 4.97. The molecule has 0 aliphatic carbocycles. The summed E-state index contributed by atoms with van der Waals surface area (Å²) in [6.07, 6.45) is 2.16. The molecule has 2 N–H and O–H groups in total. The molecule has 0 aromatic heterocycles. The number of likely N-dealkylation sites (tertiary alicyclic amines) is 1. The lowest BCUT2D eigenvalue weighted by atomic mass is 9.99. The van der Waals surface area contributed by atoms with Crippen molar-refractivity contribution < 1.29 is 19.0 Å². The molecule has 28 heavy (non-hydrogen) atoms. The molecule has 0 bridgehead atoms. The van der Waals surface area contributed by atoms with Gasteiger partial charge in [-0.25, -0.2) is 4.39 Å². The molecule has 0 saturated carbocycles. The van der Waals surface area contributed by atoms with Crippen LogP contribution in [-0.4, -0.2) is 48.7 Å². The lowest BCUT2D eigenvalue weighted by Crippen LogP contribution is -2.41. The Morgan fingerprint density at radius 2 is 2.11 bits per heavy atom. The van der Waals surface area contributed by atoms with Gasteiger partial charge in [-0.3, -0.25) is 4.79 Å². The van der Waals surface area contributed by atoms with Crippen molar-refractivity contribution in [2.75, 3.05) is 32.8 Å². The minimum absolute atomic E-state index is 0.146. The molecule has 1 saturated heterocycles. The lowest BCUT2D eigenvalue weighted by Gasteiger charge is -2.31. The van der Waals surface area contributed by atoms with E-state index >= 15 is 0 Å². The largest absolute Gasteiger partial charge is 0.489 e. The van der Waals surface area contributed by atoms with Gasteiger partial charge in [-0.15, -0.1) is 0 Å². The number of nitrogens with one attached hydrogen (secondary N) is 1. The van der Waals surface area contributed by atoms with Crippen molar-refractivity contribution in [2.24, 2.45) is 5.92 Å². The van der Waals surface area contributed by atoms with E-state index in [9.17, 15) is 14.3 Å². The van der Waals surface area contributed by atoms with Crippen LogP contribution in [0.2, 0.25) is 0 Å². The topological polar surface area (TPSA) is 61.8 Å². The maximum atomic E-state index is 13.2. The summed E-state index contributed by atoms with van der Waals surface area (Å²) in [6.45, 7) is 3.70. The Morgan fingerprint density at radius 1 is 1.25 bits per heavy atom. The van der Waals surface area contributed by atoms with Gasteiger partial charge in [0.1, 0.15) is 18.2 Å². The molecule has 3 rings (SSSR count). The zero-order valence-corrected chi connectivity index (χ0v) is 15.9. The molecule has 1 heterocycles. The van der Waals surface area contributed by atoms with E-state index in [2.05, 4.69) is 10.2 Å². The number of rotatable bonds is 8. The van der Waals surface area contributed by atoms with Crippen LogP contribution in [0.4, 0.5) is 4.39 Å². The van der Waals surface area contributed by atoms with E-state index in [0.717, 1.165) is 38.0 Å². The summed E-state index contributed by atoms with van der Waals surface area (Å²) in [4.78, 5) is 14.7. The Balaban J connectivity index is 1.46. The van der Waals surface area contributed by atoms with Crippen LogP contribution in [0, 0.1) is 11.7 Å². The Morgan fingerprint density at radius 3 is 2.93 bits per heavy atom. The fraction of sp³-hybridized carbons (Fsp3) is 0.409. The van der Waals surface area contributed by atoms with E-state index in [1.807, 2.05) is 0 Å². The van der Waals surface area contributed by atoms with Crippen molar-refractivity contribution in [2.45, 2.75) is 19.4 Å². The molecule has 0 spiro atoms. The van der Waals surface area contributed by atoms with Crippen molar-refractivity contribution in [3.63, 3.8) is 0 Å². The van der Waals surface area contributed by atoms with Gasteiger partial charge in [0.2, 0.25) is 0 Å². The van der Waals surface area contributed by atoms with Gasteiger partial charge in [0.25, 0.3) is 5.91 Å². The summed E-state index contributed by atoms with van der Waals surface area (Å²) in [5, 5.41) is 12.2. The average molecular weight is 386 g/mol. The maximum absolute atomic E-state index is 13.2. The SMILES string of the molecule is O=C(NCCN1CCCC(CO)C1)c1cccc(OCc2cccc(F)c2)c1. The predicted octanol–water partition coefficient (Wildman–Crippen LogP) is 2.84. The second kappa shape index (κ2) is 10.2. The lowest BCUT2D eigenvalue weighted by molar-refractivity contribution is 0.0930. The highest BCUT2D eigenvalue weighted by atomic mass is 19.1. The normalized spacial score (nSPS) is 17.3. The number of piperidine rings is 1. The van der Waals surface area contributed by atoms with Crippen molar-refractivity contribution in [3.05, 3.63) is 65.5 Å². The summed E-state index contributed by atoms with van der Waals surface area (Å²) >= 11 is 0. The van der Waals surface area contributed by atoms with Gasteiger partial charge >= 0.3 is 0 Å². The highest BCUT2D eigenvalue weighted by Crippen LogP contribution is 2.17. The Labute approximate surface area is 165 Å². The molecule has 2 aromatic rings. The van der Waals surface area contributed by atoms with Crippen LogP contribution in [0.1, 0.15) is 28.8 Å². The molecule has 150 valence electrons. The van der Waals surface area contributed by atoms with Crippen LogP contribution in [-0.2, 0) is 6.61 Å². The number of carbonyl (C=O) groups is 1. The molecule has 1 unspecified atom stereocenters. The molecule has 1 aliphatic rings. The number of aliphatic hydroxyl groups is 1. The highest BCUT2D eigenvalue weighted by molar-refractivity contribution is 5.94. The van der Waals surface area contributed by atoms with Crippen molar-refractivity contribution in [1.29, 1.82) is 0 Å². The Kier molecular flexibility index (Phi) is 7.39. The molecule has 6 heteroatoms. The second-order valence-corrected chi connectivity index (χ2v) is 7.19. The van der Waals surface area contributed by atoms with Crippen LogP contribution in [0.15, 0.2) is 48.5 Å². The molecule has 0 radical (unpaired) electrons. The monoisotopic (exact) mass is 386 g/mol. The number of ether oxygens (including phenoxy) is 1. The average Bonchev–Trinajstić information content (AvgIpc) is 2.72. The van der Waals surface area contributed by atoms with Gasteiger partial charge in [-0.1, -0.05) is 18.2 Å². The quantitative estimate of drug-likeness (QED) is 0.732. The van der Waals surface area contributed by atoms with Crippen LogP contribution in [0.3, 0.4) is 0 Å². The summed E-state index contributed by atoms with van der Waals surface area (Å²) < 4.78 is 18.9. The molecule has 5 nitrogen and oxygen atoms in total. The number of hydrogen-bond donors (Lipinski definition) is 2. The number of nitrogens with zero attached hydrogens (tertiary/aromatic N) is 1. The standard InChI is InChI=1S/C22H27FN2O3/c23-20-7-1-4-17(12-20)16-28-21-8-2-6-19(13-21)22(27)24-9-11-25-10-3-5-18(14-25)15-26/h1-2,4,6-8,12-13,18,26H,3,5,9-11,14-16H2,(H,24,27). The first kappa shape index (κ1) is 20.3. The molecule has 1 atom stereocenters. The molecule has 1 aliphatic heterocycles. The van der Waals surface area contributed by atoms with E-state index in [1.165, 1.54) is 12.1 Å². The van der Waals surface area contributed by atoms with Crippen LogP contribution >= 0.6 is 0 Å². The predicted molar refractivity (Wildman–Crippen MR) is 106 cm³/mol. The summed E-state index contributed by atoms with van der Waals surface area (Å²) in [6, 6.07) is 13.2. The number of benzene rings is 2. The fourth-order valence-electron chi connectivity index (χ4n) is 3.45. The first-order valence-electron chi connectivity index (χ1n) is 9.73. The summed E-state index contributed by atoms with van der Waals surface area (Å²) in [5.74, 6) is 0.468. The van der Waals surface area contributed by atoms with Gasteiger partial charge in [-0.2, -0.15) is 0 Å². The first-order chi connectivity index (χ1) is 13.6. The van der Waals surface area contributed by atoms with E-state index in [1.54, 1.807) is 36.4 Å². The van der Waals surface area contributed by atoms with Crippen molar-refractivity contribution in [3.8, 4) is 5.75 Å². The van der Waals surface area contributed by atoms with Gasteiger partial charge in [0.05, 0.1) is 0 Å². The summed E-state index contributed by atoms with van der Waals surface area (Å²) in [7, 11) is 0. The first-order valence-corrected chi connectivity index (χ1v) is 9.73. The zero-order valence-electron chi connectivity index (χ0n) is 15.9. The van der Waals surface area contributed by atoms with E-state index < -0.39 is 0 Å². The smallest absolute Gasteiger partial charge is 0.251 e. The highest BCUT2D eigenvalue weighted by Gasteiger charge is 2.18. The molecule has 1 amide bonds. The fourth-order valence-corrected chi connectivity index (χ4v) is 3.45. The van der Waals surface area contributed by atoms with Gasteiger partial charge in [0, 0.05) is 31.8 Å². The molecule has 2 aromatic carbocycles. The van der Waals surface area contributed by atoms with Gasteiger partial charge in [0.15, 0.2) is 0 Å². The van der Waals surface area contributed by atoms with Crippen LogP contribution in [0.5, 0.6) is 5.75 Å². The Bertz CT molecular complexity index is 784. The number of carbonyl (C=O) groups excluding carboxylic acids is 1. The zero-order chi connectivity index (χ0) is 19.8. The third-order valence-corrected chi connectivity index (χ3v) is 4.97. The van der Waals surface area contributed by atoms with E-state index in [0.29, 0.717) is 23.8 Å². The molecular weight excluding hydrogens is 359 g/mol. The molecular formula is C22H27FN2O3. The van der Waals surface area contributed by atoms with E-state index in [4.69, 9.17) is 4.74 Å². The second-order valence-electron chi connectivity index (χ2n) is 7.19. The number of hydrogen-bond acceptors (Lipinski definition) is 4. The van der Waals surface area contributed by atoms with Crippen molar-refractivity contribution in [1.82, 2.24) is 10.2 Å². The number of halogens is 1. The van der Waals surface area contributed by atoms with E-state index in [-0.39, 0.29) is 24.9 Å². The van der Waals surface area contributed by atoms with Crippen molar-refractivity contribution >= 4 is 5.91 Å². The number of aliphatic hydroxyl groups excluding tert-OH is 1. The minimum atomic E-state index is -0.298. The third kappa shape index (κ3) is 6.04. The summed E-state index contributed by atoms with van der Waals surface area (Å²) in [5.41, 5.74) is 1.26. The minimum Gasteiger partial charge on any atom is -0.489 e. The van der Waals surface area contributed by atoms with Crippen LogP contribution in [0.25, 0.3) is 0 Å².